The molecule has 0 aliphatic rings. The van der Waals surface area contributed by atoms with Crippen molar-refractivity contribution in [2.45, 2.75) is 12.2 Å². The Morgan fingerprint density at radius 3 is 2.47 bits per heavy atom. The average molecular weight is 289 g/mol. The van der Waals surface area contributed by atoms with Crippen LogP contribution in [0.4, 0.5) is 13.2 Å². The van der Waals surface area contributed by atoms with Crippen LogP contribution in [-0.2, 0) is 0 Å². The highest BCUT2D eigenvalue weighted by molar-refractivity contribution is 5.85. The molecule has 2 aromatic rings. The standard InChI is InChI=1S/C13H11F3N2.ClH/c1-2-11-6-10-5-8(12(17)13(14,15)16)3-4-9(10)7-18-11;/h2-7,12H,1,17H2;1H. The van der Waals surface area contributed by atoms with Gasteiger partial charge in [-0.1, -0.05) is 18.7 Å². The topological polar surface area (TPSA) is 38.9 Å². The smallest absolute Gasteiger partial charge is 0.316 e. The average Bonchev–Trinajstić information content (AvgIpc) is 2.35. The minimum atomic E-state index is -4.44. The second kappa shape index (κ2) is 5.59. The molecular weight excluding hydrogens is 277 g/mol. The number of hydrogen-bond donors (Lipinski definition) is 1. The number of pyridine rings is 1. The molecule has 1 heterocycles. The summed E-state index contributed by atoms with van der Waals surface area (Å²) in [5, 5.41) is 1.43. The fourth-order valence-corrected chi connectivity index (χ4v) is 1.67. The number of alkyl halides is 3. The Morgan fingerprint density at radius 2 is 1.89 bits per heavy atom. The maximum absolute atomic E-state index is 12.5. The molecule has 0 bridgehead atoms. The van der Waals surface area contributed by atoms with Gasteiger partial charge in [-0.2, -0.15) is 13.2 Å². The first kappa shape index (κ1) is 15.5. The summed E-state index contributed by atoms with van der Waals surface area (Å²) in [6.07, 6.45) is -1.31. The SMILES string of the molecule is C=Cc1cc2cc(C(N)C(F)(F)F)ccc2cn1.Cl. The molecule has 1 unspecified atom stereocenters. The zero-order valence-electron chi connectivity index (χ0n) is 9.82. The first-order chi connectivity index (χ1) is 8.41. The van der Waals surface area contributed by atoms with Crippen molar-refractivity contribution < 1.29 is 13.2 Å². The summed E-state index contributed by atoms with van der Waals surface area (Å²) in [6, 6.07) is 4.09. The van der Waals surface area contributed by atoms with Gasteiger partial charge in [-0.3, -0.25) is 4.98 Å². The number of fused-ring (bicyclic) bond motifs is 1. The van der Waals surface area contributed by atoms with Crippen LogP contribution in [-0.4, -0.2) is 11.2 Å². The Bertz CT molecular complexity index is 596. The quantitative estimate of drug-likeness (QED) is 0.911. The van der Waals surface area contributed by atoms with E-state index in [2.05, 4.69) is 11.6 Å². The summed E-state index contributed by atoms with van der Waals surface area (Å²) < 4.78 is 37.6. The van der Waals surface area contributed by atoms with Gasteiger partial charge in [-0.15, -0.1) is 12.4 Å². The van der Waals surface area contributed by atoms with Crippen LogP contribution in [0.15, 0.2) is 37.0 Å². The number of benzene rings is 1. The lowest BCUT2D eigenvalue weighted by Crippen LogP contribution is -2.28. The van der Waals surface area contributed by atoms with Crippen molar-refractivity contribution >= 4 is 29.3 Å². The predicted octanol–water partition coefficient (Wildman–Crippen LogP) is 3.86. The third-order valence-electron chi connectivity index (χ3n) is 2.69. The number of aromatic nitrogens is 1. The van der Waals surface area contributed by atoms with E-state index in [0.29, 0.717) is 11.1 Å². The van der Waals surface area contributed by atoms with Gasteiger partial charge in [0.05, 0.1) is 5.69 Å². The Balaban J connectivity index is 0.00000180. The van der Waals surface area contributed by atoms with Crippen LogP contribution in [0.3, 0.4) is 0 Å². The maximum Gasteiger partial charge on any atom is 0.407 e. The maximum atomic E-state index is 12.5. The zero-order valence-corrected chi connectivity index (χ0v) is 10.6. The lowest BCUT2D eigenvalue weighted by atomic mass is 10.0. The molecule has 1 aromatic carbocycles. The summed E-state index contributed by atoms with van der Waals surface area (Å²) in [6.45, 7) is 3.57. The molecule has 2 nitrogen and oxygen atoms in total. The fraction of sp³-hybridized carbons (Fsp3) is 0.154. The van der Waals surface area contributed by atoms with Crippen molar-refractivity contribution in [1.82, 2.24) is 4.98 Å². The molecule has 2 N–H and O–H groups in total. The lowest BCUT2D eigenvalue weighted by molar-refractivity contribution is -0.149. The molecule has 0 saturated carbocycles. The van der Waals surface area contributed by atoms with Crippen molar-refractivity contribution in [3.63, 3.8) is 0 Å². The zero-order chi connectivity index (χ0) is 13.3. The summed E-state index contributed by atoms with van der Waals surface area (Å²) in [4.78, 5) is 4.08. The Labute approximate surface area is 114 Å². The van der Waals surface area contributed by atoms with Gasteiger partial charge in [0.2, 0.25) is 0 Å². The minimum absolute atomic E-state index is 0. The van der Waals surface area contributed by atoms with Crippen LogP contribution >= 0.6 is 12.4 Å². The van der Waals surface area contributed by atoms with Crippen molar-refractivity contribution in [2.24, 2.45) is 5.73 Å². The molecule has 0 saturated heterocycles. The summed E-state index contributed by atoms with van der Waals surface area (Å²) in [5.41, 5.74) is 5.82. The predicted molar refractivity (Wildman–Crippen MR) is 72.1 cm³/mol. The summed E-state index contributed by atoms with van der Waals surface area (Å²) in [5.74, 6) is 0. The van der Waals surface area contributed by atoms with E-state index in [1.807, 2.05) is 0 Å². The Kier molecular flexibility index (Phi) is 4.55. The second-order valence-electron chi connectivity index (χ2n) is 3.94. The van der Waals surface area contributed by atoms with E-state index in [-0.39, 0.29) is 18.0 Å². The molecule has 0 radical (unpaired) electrons. The van der Waals surface area contributed by atoms with E-state index in [4.69, 9.17) is 5.73 Å². The molecule has 0 aliphatic heterocycles. The van der Waals surface area contributed by atoms with Crippen LogP contribution in [0.2, 0.25) is 0 Å². The molecule has 19 heavy (non-hydrogen) atoms. The molecular formula is C13H12ClF3N2. The molecule has 6 heteroatoms. The molecule has 0 spiro atoms. The first-order valence-corrected chi connectivity index (χ1v) is 5.26. The van der Waals surface area contributed by atoms with Crippen molar-refractivity contribution in [1.29, 1.82) is 0 Å². The normalized spacial score (nSPS) is 12.8. The van der Waals surface area contributed by atoms with Crippen LogP contribution in [0, 0.1) is 0 Å². The van der Waals surface area contributed by atoms with Gasteiger partial charge in [0, 0.05) is 11.6 Å². The van der Waals surface area contributed by atoms with Crippen LogP contribution in [0.25, 0.3) is 16.8 Å². The molecule has 0 amide bonds. The van der Waals surface area contributed by atoms with Crippen molar-refractivity contribution in [3.05, 3.63) is 48.3 Å². The highest BCUT2D eigenvalue weighted by atomic mass is 35.5. The highest BCUT2D eigenvalue weighted by Crippen LogP contribution is 2.31. The van der Waals surface area contributed by atoms with Crippen molar-refractivity contribution in [3.8, 4) is 0 Å². The molecule has 1 aromatic heterocycles. The Hall–Kier alpha value is -1.59. The third-order valence-corrected chi connectivity index (χ3v) is 2.69. The number of halogens is 4. The van der Waals surface area contributed by atoms with Gasteiger partial charge in [0.1, 0.15) is 6.04 Å². The van der Waals surface area contributed by atoms with Gasteiger partial charge < -0.3 is 5.73 Å². The third kappa shape index (κ3) is 3.24. The summed E-state index contributed by atoms with van der Waals surface area (Å²) in [7, 11) is 0. The number of rotatable bonds is 2. The van der Waals surface area contributed by atoms with Crippen molar-refractivity contribution in [2.75, 3.05) is 0 Å². The number of hydrogen-bond acceptors (Lipinski definition) is 2. The molecule has 2 rings (SSSR count). The van der Waals surface area contributed by atoms with E-state index in [1.54, 1.807) is 18.3 Å². The molecule has 102 valence electrons. The van der Waals surface area contributed by atoms with Gasteiger partial charge in [-0.25, -0.2) is 0 Å². The molecule has 0 aliphatic carbocycles. The highest BCUT2D eigenvalue weighted by Gasteiger charge is 2.37. The largest absolute Gasteiger partial charge is 0.407 e. The van der Waals surface area contributed by atoms with E-state index in [9.17, 15) is 13.2 Å². The lowest BCUT2D eigenvalue weighted by Gasteiger charge is -2.16. The fourth-order valence-electron chi connectivity index (χ4n) is 1.67. The molecule has 1 atom stereocenters. The van der Waals surface area contributed by atoms with E-state index < -0.39 is 12.2 Å². The number of nitrogens with zero attached hydrogens (tertiary/aromatic N) is 1. The van der Waals surface area contributed by atoms with Gasteiger partial charge in [0.25, 0.3) is 0 Å². The van der Waals surface area contributed by atoms with Crippen LogP contribution < -0.4 is 5.73 Å². The van der Waals surface area contributed by atoms with E-state index >= 15 is 0 Å². The summed E-state index contributed by atoms with van der Waals surface area (Å²) >= 11 is 0. The second-order valence-corrected chi connectivity index (χ2v) is 3.94. The van der Waals surface area contributed by atoms with Crippen LogP contribution in [0.5, 0.6) is 0 Å². The monoisotopic (exact) mass is 288 g/mol. The van der Waals surface area contributed by atoms with Gasteiger partial charge >= 0.3 is 6.18 Å². The van der Waals surface area contributed by atoms with Gasteiger partial charge in [-0.05, 0) is 29.2 Å². The minimum Gasteiger partial charge on any atom is -0.316 e. The van der Waals surface area contributed by atoms with Gasteiger partial charge in [0.15, 0.2) is 0 Å². The van der Waals surface area contributed by atoms with E-state index in [0.717, 1.165) is 5.39 Å². The Morgan fingerprint density at radius 1 is 1.21 bits per heavy atom. The number of nitrogens with two attached hydrogens (primary N) is 1. The first-order valence-electron chi connectivity index (χ1n) is 5.26. The molecule has 0 fully saturated rings. The van der Waals surface area contributed by atoms with Crippen LogP contribution in [0.1, 0.15) is 17.3 Å². The van der Waals surface area contributed by atoms with E-state index in [1.165, 1.54) is 18.2 Å².